The Labute approximate surface area is 179 Å². The first-order chi connectivity index (χ1) is 14.9. The van der Waals surface area contributed by atoms with Gasteiger partial charge in [-0.3, -0.25) is 0 Å². The maximum atomic E-state index is 13.5. The molecule has 5 nitrogen and oxygen atoms in total. The Morgan fingerprint density at radius 1 is 0.968 bits per heavy atom. The van der Waals surface area contributed by atoms with Crippen molar-refractivity contribution in [1.29, 1.82) is 0 Å². The largest absolute Gasteiger partial charge is 0.494 e. The molecule has 0 saturated carbocycles. The molecule has 1 aromatic heterocycles. The van der Waals surface area contributed by atoms with Crippen LogP contribution in [0, 0.1) is 6.92 Å². The molecular weight excluding hydrogens is 405 g/mol. The summed E-state index contributed by atoms with van der Waals surface area (Å²) in [6, 6.07) is 14.1. The third-order valence-corrected chi connectivity index (χ3v) is 4.62. The predicted octanol–water partition coefficient (Wildman–Crippen LogP) is 6.86. The molecule has 0 aliphatic heterocycles. The van der Waals surface area contributed by atoms with Gasteiger partial charge in [-0.25, -0.2) is 4.98 Å². The van der Waals surface area contributed by atoms with Crippen molar-refractivity contribution in [2.75, 3.05) is 17.2 Å². The van der Waals surface area contributed by atoms with E-state index in [4.69, 9.17) is 4.74 Å². The number of rotatable bonds is 9. The molecule has 0 amide bonds. The average molecular weight is 430 g/mol. The first-order valence-corrected chi connectivity index (χ1v) is 10.1. The normalized spacial score (nSPS) is 11.3. The van der Waals surface area contributed by atoms with E-state index in [1.807, 2.05) is 31.2 Å². The van der Waals surface area contributed by atoms with Crippen LogP contribution in [-0.4, -0.2) is 16.6 Å². The van der Waals surface area contributed by atoms with Crippen molar-refractivity contribution >= 4 is 23.1 Å². The fourth-order valence-electron chi connectivity index (χ4n) is 2.89. The van der Waals surface area contributed by atoms with Gasteiger partial charge in [0.15, 0.2) is 0 Å². The molecule has 0 radical (unpaired) electrons. The van der Waals surface area contributed by atoms with E-state index in [-0.39, 0.29) is 11.8 Å². The minimum absolute atomic E-state index is 0.0701. The number of unbranched alkanes of at least 4 members (excludes halogenated alkanes) is 2. The van der Waals surface area contributed by atoms with E-state index in [0.717, 1.165) is 36.7 Å². The molecule has 0 saturated heterocycles. The molecule has 1 heterocycles. The molecule has 0 unspecified atom stereocenters. The van der Waals surface area contributed by atoms with Crippen LogP contribution in [0.4, 0.5) is 36.3 Å². The van der Waals surface area contributed by atoms with Gasteiger partial charge in [-0.1, -0.05) is 38.0 Å². The monoisotopic (exact) mass is 430 g/mol. The van der Waals surface area contributed by atoms with Crippen molar-refractivity contribution in [3.63, 3.8) is 0 Å². The second-order valence-corrected chi connectivity index (χ2v) is 7.10. The summed E-state index contributed by atoms with van der Waals surface area (Å²) < 4.78 is 46.1. The first-order valence-electron chi connectivity index (χ1n) is 10.1. The van der Waals surface area contributed by atoms with Gasteiger partial charge in [-0.2, -0.15) is 18.2 Å². The van der Waals surface area contributed by atoms with Crippen molar-refractivity contribution in [2.45, 2.75) is 39.3 Å². The second kappa shape index (κ2) is 10.1. The number of para-hydroxylation sites is 1. The number of nitrogens with zero attached hydrogens (tertiary/aromatic N) is 2. The standard InChI is InChI=1S/C23H25F3N4O/c1-3-4-7-14-31-18-12-10-17(11-13-18)28-21-19(23(24,25)26)15-27-22(30-21)29-20-9-6-5-8-16(20)2/h5-6,8-13,15H,3-4,7,14H2,1-2H3,(H2,27,28,29,30). The van der Waals surface area contributed by atoms with E-state index in [0.29, 0.717) is 18.0 Å². The summed E-state index contributed by atoms with van der Waals surface area (Å²) in [5.41, 5.74) is 1.17. The van der Waals surface area contributed by atoms with Crippen LogP contribution in [0.1, 0.15) is 37.3 Å². The van der Waals surface area contributed by atoms with Gasteiger partial charge in [0.1, 0.15) is 17.1 Å². The highest BCUT2D eigenvalue weighted by Gasteiger charge is 2.35. The van der Waals surface area contributed by atoms with Gasteiger partial charge in [-0.15, -0.1) is 0 Å². The van der Waals surface area contributed by atoms with Crippen molar-refractivity contribution in [1.82, 2.24) is 9.97 Å². The van der Waals surface area contributed by atoms with Gasteiger partial charge in [0.25, 0.3) is 0 Å². The zero-order valence-electron chi connectivity index (χ0n) is 17.5. The number of aromatic nitrogens is 2. The van der Waals surface area contributed by atoms with Gasteiger partial charge in [0.05, 0.1) is 6.61 Å². The topological polar surface area (TPSA) is 59.1 Å². The van der Waals surface area contributed by atoms with Crippen LogP contribution >= 0.6 is 0 Å². The Morgan fingerprint density at radius 2 is 1.71 bits per heavy atom. The molecule has 2 aromatic carbocycles. The third-order valence-electron chi connectivity index (χ3n) is 4.62. The van der Waals surface area contributed by atoms with E-state index < -0.39 is 11.7 Å². The number of hydrogen-bond acceptors (Lipinski definition) is 5. The molecule has 31 heavy (non-hydrogen) atoms. The Kier molecular flexibility index (Phi) is 7.33. The number of benzene rings is 2. The molecular formula is C23H25F3N4O. The lowest BCUT2D eigenvalue weighted by Gasteiger charge is -2.15. The molecule has 3 aromatic rings. The predicted molar refractivity (Wildman–Crippen MR) is 116 cm³/mol. The number of hydrogen-bond donors (Lipinski definition) is 2. The van der Waals surface area contributed by atoms with Crippen molar-refractivity contribution in [3.8, 4) is 5.75 Å². The minimum atomic E-state index is -4.59. The number of halogens is 3. The van der Waals surface area contributed by atoms with Crippen LogP contribution in [0.3, 0.4) is 0 Å². The van der Waals surface area contributed by atoms with Gasteiger partial charge in [0.2, 0.25) is 5.95 Å². The summed E-state index contributed by atoms with van der Waals surface area (Å²) in [4.78, 5) is 7.92. The molecule has 0 aliphatic carbocycles. The number of nitrogens with one attached hydrogen (secondary N) is 2. The van der Waals surface area contributed by atoms with Crippen LogP contribution in [0.15, 0.2) is 54.7 Å². The number of aryl methyl sites for hydroxylation is 1. The summed E-state index contributed by atoms with van der Waals surface area (Å²) in [6.45, 7) is 4.61. The number of ether oxygens (including phenoxy) is 1. The summed E-state index contributed by atoms with van der Waals surface area (Å²) in [6.07, 6.45) is -0.657. The molecule has 2 N–H and O–H groups in total. The van der Waals surface area contributed by atoms with Crippen LogP contribution in [0.25, 0.3) is 0 Å². The third kappa shape index (κ3) is 6.34. The van der Waals surface area contributed by atoms with Crippen molar-refractivity contribution < 1.29 is 17.9 Å². The molecule has 0 aliphatic rings. The van der Waals surface area contributed by atoms with Crippen molar-refractivity contribution in [3.05, 3.63) is 65.9 Å². The average Bonchev–Trinajstić information content (AvgIpc) is 2.73. The van der Waals surface area contributed by atoms with E-state index in [1.165, 1.54) is 0 Å². The molecule has 0 spiro atoms. The van der Waals surface area contributed by atoms with E-state index in [9.17, 15) is 13.2 Å². The van der Waals surface area contributed by atoms with E-state index in [2.05, 4.69) is 27.5 Å². The summed E-state index contributed by atoms with van der Waals surface area (Å²) in [7, 11) is 0. The van der Waals surface area contributed by atoms with Crippen molar-refractivity contribution in [2.24, 2.45) is 0 Å². The Balaban J connectivity index is 1.79. The minimum Gasteiger partial charge on any atom is -0.494 e. The summed E-state index contributed by atoms with van der Waals surface area (Å²) in [5.74, 6) is 0.415. The number of anilines is 4. The highest BCUT2D eigenvalue weighted by Crippen LogP contribution is 2.35. The van der Waals surface area contributed by atoms with E-state index >= 15 is 0 Å². The Bertz CT molecular complexity index is 991. The van der Waals surface area contributed by atoms with Gasteiger partial charge < -0.3 is 15.4 Å². The SMILES string of the molecule is CCCCCOc1ccc(Nc2nc(Nc3ccccc3C)ncc2C(F)(F)F)cc1. The van der Waals surface area contributed by atoms with Gasteiger partial charge in [0, 0.05) is 17.6 Å². The number of alkyl halides is 3. The maximum Gasteiger partial charge on any atom is 0.421 e. The highest BCUT2D eigenvalue weighted by molar-refractivity contribution is 5.64. The summed E-state index contributed by atoms with van der Waals surface area (Å²) >= 11 is 0. The molecule has 0 bridgehead atoms. The first kappa shape index (κ1) is 22.4. The lowest BCUT2D eigenvalue weighted by molar-refractivity contribution is -0.137. The lowest BCUT2D eigenvalue weighted by Crippen LogP contribution is -2.12. The molecule has 0 atom stereocenters. The Hall–Kier alpha value is -3.29. The van der Waals surface area contributed by atoms with Crippen LogP contribution in [0.2, 0.25) is 0 Å². The quantitative estimate of drug-likeness (QED) is 0.363. The van der Waals surface area contributed by atoms with E-state index in [1.54, 1.807) is 24.3 Å². The summed E-state index contributed by atoms with van der Waals surface area (Å²) in [5, 5.41) is 5.73. The lowest BCUT2D eigenvalue weighted by atomic mass is 10.2. The van der Waals surface area contributed by atoms with Gasteiger partial charge in [-0.05, 0) is 49.2 Å². The van der Waals surface area contributed by atoms with Crippen LogP contribution in [0.5, 0.6) is 5.75 Å². The highest BCUT2D eigenvalue weighted by atomic mass is 19.4. The van der Waals surface area contributed by atoms with Crippen LogP contribution < -0.4 is 15.4 Å². The smallest absolute Gasteiger partial charge is 0.421 e. The zero-order chi connectivity index (χ0) is 22.3. The molecule has 8 heteroatoms. The van der Waals surface area contributed by atoms with Crippen LogP contribution in [-0.2, 0) is 6.18 Å². The molecule has 3 rings (SSSR count). The maximum absolute atomic E-state index is 13.5. The second-order valence-electron chi connectivity index (χ2n) is 7.10. The molecule has 0 fully saturated rings. The zero-order valence-corrected chi connectivity index (χ0v) is 17.5. The fraction of sp³-hybridized carbons (Fsp3) is 0.304. The Morgan fingerprint density at radius 3 is 2.39 bits per heavy atom. The molecule has 164 valence electrons. The fourth-order valence-corrected chi connectivity index (χ4v) is 2.89. The van der Waals surface area contributed by atoms with Gasteiger partial charge >= 0.3 is 6.18 Å².